The molecule has 0 fully saturated rings. The van der Waals surface area contributed by atoms with Crippen LogP contribution in [0.25, 0.3) is 11.1 Å². The van der Waals surface area contributed by atoms with Gasteiger partial charge in [0.15, 0.2) is 0 Å². The average Bonchev–Trinajstić information content (AvgIpc) is 3.12. The van der Waals surface area contributed by atoms with Gasteiger partial charge in [-0.1, -0.05) is 73.3 Å². The average molecular weight is 712 g/mol. The Balaban J connectivity index is 1.73. The van der Waals surface area contributed by atoms with Crippen molar-refractivity contribution in [3.63, 3.8) is 0 Å². The summed E-state index contributed by atoms with van der Waals surface area (Å²) in [4.78, 5) is 66.3. The number of aromatic nitrogens is 1. The molecular formula is C36H40F3N5O7. The van der Waals surface area contributed by atoms with Crippen molar-refractivity contribution in [2.24, 2.45) is 0 Å². The van der Waals surface area contributed by atoms with Crippen LogP contribution in [0.4, 0.5) is 23.8 Å². The predicted octanol–water partition coefficient (Wildman–Crippen LogP) is 5.39. The number of hydrogen-bond acceptors (Lipinski definition) is 9. The van der Waals surface area contributed by atoms with Crippen molar-refractivity contribution in [2.75, 3.05) is 25.0 Å². The lowest BCUT2D eigenvalue weighted by atomic mass is 9.98. The molecule has 0 aliphatic heterocycles. The Kier molecular flexibility index (Phi) is 16.1. The van der Waals surface area contributed by atoms with E-state index in [0.29, 0.717) is 37.2 Å². The quantitative estimate of drug-likeness (QED) is 0.0553. The van der Waals surface area contributed by atoms with E-state index in [4.69, 9.17) is 4.74 Å². The number of carbonyl (C=O) groups excluding carboxylic acids is 5. The van der Waals surface area contributed by atoms with Crippen LogP contribution in [0, 0.1) is 0 Å². The molecule has 3 aromatic rings. The zero-order chi connectivity index (χ0) is 37.1. The second kappa shape index (κ2) is 20.7. The molecular weight excluding hydrogens is 671 g/mol. The maximum absolute atomic E-state index is 13.7. The number of anilines is 1. The molecule has 1 aromatic heterocycles. The molecule has 0 bridgehead atoms. The molecule has 0 saturated carbocycles. The molecule has 15 heteroatoms. The highest BCUT2D eigenvalue weighted by atomic mass is 19.4. The first-order valence-corrected chi connectivity index (χ1v) is 16.2. The molecule has 0 aliphatic carbocycles. The number of alkyl halides is 3. The monoisotopic (exact) mass is 711 g/mol. The lowest BCUT2D eigenvalue weighted by Gasteiger charge is -2.24. The molecule has 3 rings (SSSR count). The Morgan fingerprint density at radius 2 is 1.55 bits per heavy atom. The normalized spacial score (nSPS) is 12.1. The molecule has 2 aromatic carbocycles. The van der Waals surface area contributed by atoms with Crippen molar-refractivity contribution >= 4 is 35.7 Å². The van der Waals surface area contributed by atoms with Crippen molar-refractivity contribution in [3.05, 3.63) is 97.2 Å². The fraction of sp³-hybridized carbons (Fsp3) is 0.333. The number of benzene rings is 2. The van der Waals surface area contributed by atoms with Gasteiger partial charge in [-0.3, -0.25) is 14.4 Å². The van der Waals surface area contributed by atoms with E-state index in [1.807, 2.05) is 36.4 Å². The largest absolute Gasteiger partial charge is 0.491 e. The van der Waals surface area contributed by atoms with Crippen molar-refractivity contribution in [3.8, 4) is 11.1 Å². The zero-order valence-corrected chi connectivity index (χ0v) is 27.7. The predicted molar refractivity (Wildman–Crippen MR) is 182 cm³/mol. The van der Waals surface area contributed by atoms with Crippen LogP contribution in [0.1, 0.15) is 50.1 Å². The maximum Gasteiger partial charge on any atom is 0.491 e. The van der Waals surface area contributed by atoms with Crippen LogP contribution in [0.3, 0.4) is 0 Å². The smallest absolute Gasteiger partial charge is 0.445 e. The molecule has 0 spiro atoms. The number of ether oxygens (including phenoxy) is 2. The first-order chi connectivity index (χ1) is 24.5. The molecule has 272 valence electrons. The van der Waals surface area contributed by atoms with Gasteiger partial charge in [0.05, 0.1) is 12.5 Å². The fourth-order valence-corrected chi connectivity index (χ4v) is 4.75. The van der Waals surface area contributed by atoms with Gasteiger partial charge in [0, 0.05) is 25.7 Å². The van der Waals surface area contributed by atoms with Crippen LogP contribution in [0.2, 0.25) is 0 Å². The molecule has 0 saturated heterocycles. The first-order valence-electron chi connectivity index (χ1n) is 16.2. The van der Waals surface area contributed by atoms with E-state index < -0.39 is 54.5 Å². The molecule has 51 heavy (non-hydrogen) atoms. The molecule has 4 N–H and O–H groups in total. The van der Waals surface area contributed by atoms with Gasteiger partial charge in [0.25, 0.3) is 0 Å². The number of hydrogen-bond donors (Lipinski definition) is 4. The van der Waals surface area contributed by atoms with Crippen molar-refractivity contribution in [1.29, 1.82) is 0 Å². The minimum absolute atomic E-state index is 0.0333. The summed E-state index contributed by atoms with van der Waals surface area (Å²) in [5.41, 5.74) is 2.01. The summed E-state index contributed by atoms with van der Waals surface area (Å²) in [6, 6.07) is 18.9. The van der Waals surface area contributed by atoms with E-state index in [0.717, 1.165) is 11.1 Å². The first kappa shape index (κ1) is 39.7. The summed E-state index contributed by atoms with van der Waals surface area (Å²) >= 11 is 0. The highest BCUT2D eigenvalue weighted by Gasteiger charge is 2.42. The Morgan fingerprint density at radius 1 is 0.843 bits per heavy atom. The highest BCUT2D eigenvalue weighted by Crippen LogP contribution is 2.25. The summed E-state index contributed by atoms with van der Waals surface area (Å²) in [5.74, 6) is -4.72. The lowest BCUT2D eigenvalue weighted by Crippen LogP contribution is -2.48. The number of halogens is 3. The van der Waals surface area contributed by atoms with Crippen LogP contribution >= 0.6 is 0 Å². The van der Waals surface area contributed by atoms with E-state index in [1.54, 1.807) is 42.6 Å². The number of nitrogens with one attached hydrogen (secondary N) is 4. The minimum atomic E-state index is -5.40. The number of amides is 3. The third kappa shape index (κ3) is 14.7. The van der Waals surface area contributed by atoms with Gasteiger partial charge in [-0.25, -0.2) is 14.6 Å². The molecule has 12 nitrogen and oxygen atoms in total. The van der Waals surface area contributed by atoms with Gasteiger partial charge in [-0.05, 0) is 54.5 Å². The van der Waals surface area contributed by atoms with Crippen LogP contribution in [-0.2, 0) is 28.7 Å². The summed E-state index contributed by atoms with van der Waals surface area (Å²) in [7, 11) is 0. The third-order valence-corrected chi connectivity index (χ3v) is 7.27. The van der Waals surface area contributed by atoms with Crippen LogP contribution in [-0.4, -0.2) is 66.7 Å². The lowest BCUT2D eigenvalue weighted by molar-refractivity contribution is -0.202. The number of nitrogens with zero attached hydrogens (tertiary/aromatic N) is 1. The summed E-state index contributed by atoms with van der Waals surface area (Å²) < 4.78 is 47.3. The van der Waals surface area contributed by atoms with Gasteiger partial charge in [0.1, 0.15) is 18.5 Å². The van der Waals surface area contributed by atoms with E-state index >= 15 is 0 Å². The summed E-state index contributed by atoms with van der Waals surface area (Å²) in [5, 5.41) is 11.0. The number of pyridine rings is 1. The number of esters is 2. The number of alkyl carbamates (subject to hydrolysis) is 1. The van der Waals surface area contributed by atoms with Crippen molar-refractivity contribution in [1.82, 2.24) is 20.9 Å². The van der Waals surface area contributed by atoms with Gasteiger partial charge in [0.2, 0.25) is 11.8 Å². The highest BCUT2D eigenvalue weighted by molar-refractivity contribution is 5.90. The summed E-state index contributed by atoms with van der Waals surface area (Å²) in [6.07, 6.45) is -2.47. The topological polar surface area (TPSA) is 165 Å². The Morgan fingerprint density at radius 3 is 2.22 bits per heavy atom. The van der Waals surface area contributed by atoms with E-state index in [2.05, 4.69) is 37.6 Å². The Bertz CT molecular complexity index is 1590. The second-order valence-electron chi connectivity index (χ2n) is 11.2. The van der Waals surface area contributed by atoms with Crippen LogP contribution in [0.15, 0.2) is 91.6 Å². The SMILES string of the molecule is C=CCOC(=O)NCCCC[C@H](NC(=O)CCCNc1ccccn1)C(=O)NC(CC(=O)OC(=O)C(F)(F)F)c1ccc(-c2ccccc2)cc1. The molecule has 0 aliphatic rings. The van der Waals surface area contributed by atoms with E-state index in [9.17, 15) is 37.1 Å². The van der Waals surface area contributed by atoms with Crippen LogP contribution in [0.5, 0.6) is 0 Å². The van der Waals surface area contributed by atoms with E-state index in [-0.39, 0.29) is 26.0 Å². The standard InChI is InChI=1S/C36H40F3N5O7/c1-2-23-50-35(49)42-21-8-6-13-28(43-31(45)15-10-22-41-30-14-7-9-20-40-30)33(47)44-29(24-32(46)51-34(48)36(37,38)39)27-18-16-26(17-19-27)25-11-4-3-5-12-25/h2-5,7,9,11-12,14,16-20,28-29H,1,6,8,10,13,15,21-24H2,(H,40,41)(H,42,49)(H,43,45)(H,44,47)/t28-,29?/m0/s1. The van der Waals surface area contributed by atoms with Crippen molar-refractivity contribution in [2.45, 2.75) is 56.8 Å². The van der Waals surface area contributed by atoms with Crippen molar-refractivity contribution < 1.29 is 46.6 Å². The Hall–Kier alpha value is -5.73. The molecule has 1 unspecified atom stereocenters. The van der Waals surface area contributed by atoms with Crippen LogP contribution < -0.4 is 21.3 Å². The molecule has 3 amide bonds. The molecule has 2 atom stereocenters. The summed E-state index contributed by atoms with van der Waals surface area (Å²) in [6.45, 7) is 4.14. The van der Waals surface area contributed by atoms with Gasteiger partial charge in [-0.15, -0.1) is 0 Å². The number of rotatable bonds is 19. The van der Waals surface area contributed by atoms with Gasteiger partial charge in [-0.2, -0.15) is 13.2 Å². The second-order valence-corrected chi connectivity index (χ2v) is 11.2. The molecule has 0 radical (unpaired) electrons. The Labute approximate surface area is 293 Å². The zero-order valence-electron chi connectivity index (χ0n) is 27.7. The molecule has 1 heterocycles. The minimum Gasteiger partial charge on any atom is -0.445 e. The maximum atomic E-state index is 13.7. The van der Waals surface area contributed by atoms with Gasteiger partial charge < -0.3 is 30.7 Å². The number of carbonyl (C=O) groups is 5. The number of unbranched alkanes of at least 4 members (excludes halogenated alkanes) is 1. The van der Waals surface area contributed by atoms with E-state index in [1.165, 1.54) is 6.08 Å². The van der Waals surface area contributed by atoms with Gasteiger partial charge >= 0.3 is 24.2 Å². The third-order valence-electron chi connectivity index (χ3n) is 7.27. The fourth-order valence-electron chi connectivity index (χ4n) is 4.75.